The molecule has 0 bridgehead atoms. The number of likely N-dealkylation sites (tertiary alicyclic amines) is 1. The normalized spacial score (nSPS) is 16.2. The van der Waals surface area contributed by atoms with Crippen LogP contribution in [0, 0.1) is 11.3 Å². The number of nitrogens with one attached hydrogen (secondary N) is 1. The van der Waals surface area contributed by atoms with E-state index < -0.39 is 0 Å². The average Bonchev–Trinajstić information content (AvgIpc) is 3.20. The largest absolute Gasteiger partial charge is 0.372 e. The minimum Gasteiger partial charge on any atom is -0.372 e. The third-order valence-corrected chi connectivity index (χ3v) is 7.29. The lowest BCUT2D eigenvalue weighted by atomic mass is 10.1. The first-order chi connectivity index (χ1) is 15.8. The smallest absolute Gasteiger partial charge is 0.108 e. The topological polar surface area (TPSA) is 44.0 Å². The molecule has 1 aromatic carbocycles. The van der Waals surface area contributed by atoms with Crippen LogP contribution in [0.3, 0.4) is 0 Å². The molecule has 2 aromatic rings. The lowest BCUT2D eigenvalue weighted by Gasteiger charge is -2.29. The van der Waals surface area contributed by atoms with E-state index in [-0.39, 0.29) is 0 Å². The molecule has 1 aliphatic rings. The summed E-state index contributed by atoms with van der Waals surface area (Å²) in [5.41, 5.74) is 5.55. The highest BCUT2D eigenvalue weighted by molar-refractivity contribution is 8.01. The molecule has 174 valence electrons. The fourth-order valence-corrected chi connectivity index (χ4v) is 4.89. The number of allylic oxidation sites excluding steroid dienone is 4. The number of benzene rings is 1. The lowest BCUT2D eigenvalue weighted by Crippen LogP contribution is -2.31. The molecule has 5 heteroatoms. The zero-order chi connectivity index (χ0) is 24.0. The standard InChI is InChI=1S/C28H36N4S/c1-7-25(32-15-9-8-10-16-32)18-23-11-12-24(17-21(23)4)27-14-13-26(31(27)6)22(5)28(19-29)33-30-20(2)3/h7,11-14,17-18,20,30H,4,8-10,15-16H2,1-3,5-6H3/b23-18-,25-7+,28-22+. The maximum absolute atomic E-state index is 9.64. The number of hydrogen-bond acceptors (Lipinski definition) is 4. The minimum atomic E-state index is 0.305. The molecule has 0 aliphatic carbocycles. The predicted octanol–water partition coefficient (Wildman–Crippen LogP) is 5.17. The molecular weight excluding hydrogens is 424 g/mol. The van der Waals surface area contributed by atoms with E-state index >= 15 is 0 Å². The van der Waals surface area contributed by atoms with Crippen molar-refractivity contribution in [3.8, 4) is 17.3 Å². The third-order valence-electron chi connectivity index (χ3n) is 6.10. The van der Waals surface area contributed by atoms with Crippen LogP contribution in [0.2, 0.25) is 0 Å². The van der Waals surface area contributed by atoms with E-state index in [1.165, 1.54) is 36.9 Å². The van der Waals surface area contributed by atoms with E-state index in [0.717, 1.165) is 46.1 Å². The third kappa shape index (κ3) is 6.01. The highest BCUT2D eigenvalue weighted by Gasteiger charge is 2.14. The van der Waals surface area contributed by atoms with Crippen molar-refractivity contribution in [1.29, 1.82) is 5.26 Å². The van der Waals surface area contributed by atoms with Gasteiger partial charge in [0.1, 0.15) is 11.0 Å². The van der Waals surface area contributed by atoms with Crippen molar-refractivity contribution in [3.63, 3.8) is 0 Å². The van der Waals surface area contributed by atoms with Crippen molar-refractivity contribution in [3.05, 3.63) is 63.1 Å². The molecule has 1 N–H and O–H groups in total. The van der Waals surface area contributed by atoms with Crippen LogP contribution in [-0.2, 0) is 7.05 Å². The van der Waals surface area contributed by atoms with Gasteiger partial charge in [0.15, 0.2) is 0 Å². The predicted molar refractivity (Wildman–Crippen MR) is 143 cm³/mol. The van der Waals surface area contributed by atoms with Crippen LogP contribution in [0.15, 0.2) is 47.0 Å². The number of aromatic nitrogens is 1. The Hall–Kier alpha value is -2.68. The Morgan fingerprint density at radius 3 is 2.52 bits per heavy atom. The highest BCUT2D eigenvalue weighted by Crippen LogP contribution is 2.29. The van der Waals surface area contributed by atoms with Crippen molar-refractivity contribution >= 4 is 30.2 Å². The molecule has 1 fully saturated rings. The second-order valence-electron chi connectivity index (χ2n) is 8.92. The van der Waals surface area contributed by atoms with E-state index in [4.69, 9.17) is 0 Å². The van der Waals surface area contributed by atoms with Crippen LogP contribution < -0.4 is 15.2 Å². The van der Waals surface area contributed by atoms with Gasteiger partial charge in [-0.3, -0.25) is 4.72 Å². The van der Waals surface area contributed by atoms with Gasteiger partial charge in [-0.2, -0.15) is 5.26 Å². The zero-order valence-electron chi connectivity index (χ0n) is 20.6. The van der Waals surface area contributed by atoms with Crippen LogP contribution in [0.1, 0.15) is 52.7 Å². The number of piperidine rings is 1. The maximum atomic E-state index is 9.64. The minimum absolute atomic E-state index is 0.305. The van der Waals surface area contributed by atoms with Crippen molar-refractivity contribution in [2.75, 3.05) is 13.1 Å². The van der Waals surface area contributed by atoms with Crippen molar-refractivity contribution in [2.45, 2.75) is 53.0 Å². The summed E-state index contributed by atoms with van der Waals surface area (Å²) in [5, 5.41) is 11.8. The molecular formula is C28H36N4S. The highest BCUT2D eigenvalue weighted by atomic mass is 32.2. The van der Waals surface area contributed by atoms with Gasteiger partial charge in [0.2, 0.25) is 0 Å². The average molecular weight is 461 g/mol. The maximum Gasteiger partial charge on any atom is 0.108 e. The van der Waals surface area contributed by atoms with E-state index in [2.05, 4.69) is 97.1 Å². The molecule has 1 aromatic heterocycles. The van der Waals surface area contributed by atoms with Crippen LogP contribution in [0.5, 0.6) is 0 Å². The summed E-state index contributed by atoms with van der Waals surface area (Å²) in [6.07, 6.45) is 8.34. The summed E-state index contributed by atoms with van der Waals surface area (Å²) in [5.74, 6) is 0. The molecule has 2 heterocycles. The molecule has 1 aliphatic heterocycles. The van der Waals surface area contributed by atoms with Crippen LogP contribution in [0.25, 0.3) is 29.5 Å². The number of rotatable bonds is 7. The Morgan fingerprint density at radius 1 is 1.18 bits per heavy atom. The zero-order valence-corrected chi connectivity index (χ0v) is 21.4. The summed E-state index contributed by atoms with van der Waals surface area (Å²) in [4.78, 5) is 3.17. The molecule has 33 heavy (non-hydrogen) atoms. The molecule has 0 unspecified atom stereocenters. The van der Waals surface area contributed by atoms with E-state index in [1.807, 2.05) is 6.92 Å². The van der Waals surface area contributed by atoms with Gasteiger partial charge in [0, 0.05) is 43.3 Å². The Labute approximate surface area is 203 Å². The Kier molecular flexibility index (Phi) is 8.66. The molecule has 0 atom stereocenters. The van der Waals surface area contributed by atoms with Crippen molar-refractivity contribution < 1.29 is 0 Å². The first-order valence-electron chi connectivity index (χ1n) is 11.8. The fourth-order valence-electron chi connectivity index (χ4n) is 4.23. The summed E-state index contributed by atoms with van der Waals surface area (Å²) in [6.45, 7) is 14.9. The van der Waals surface area contributed by atoms with E-state index in [1.54, 1.807) is 0 Å². The van der Waals surface area contributed by atoms with Crippen LogP contribution >= 0.6 is 11.9 Å². The summed E-state index contributed by atoms with van der Waals surface area (Å²) >= 11 is 1.40. The second-order valence-corrected chi connectivity index (χ2v) is 9.77. The second kappa shape index (κ2) is 11.4. The summed E-state index contributed by atoms with van der Waals surface area (Å²) in [6, 6.07) is 13.4. The fraction of sp³-hybridized carbons (Fsp3) is 0.393. The molecule has 0 saturated carbocycles. The van der Waals surface area contributed by atoms with Gasteiger partial charge < -0.3 is 9.47 Å². The SMILES string of the molecule is C=c1cc(-c2ccc(/C(C)=C(\C#N)SNC(C)C)n2C)cc/c1=C/C(=C\C)N1CCCCC1. The van der Waals surface area contributed by atoms with Gasteiger partial charge in [0.05, 0.1) is 0 Å². The van der Waals surface area contributed by atoms with Gasteiger partial charge in [-0.25, -0.2) is 0 Å². The Balaban J connectivity index is 1.91. The Bertz CT molecular complexity index is 1190. The van der Waals surface area contributed by atoms with Crippen molar-refractivity contribution in [1.82, 2.24) is 14.2 Å². The first kappa shape index (κ1) is 25.0. The summed E-state index contributed by atoms with van der Waals surface area (Å²) in [7, 11) is 2.06. The van der Waals surface area contributed by atoms with Crippen LogP contribution in [-0.4, -0.2) is 28.6 Å². The molecule has 0 radical (unpaired) electrons. The first-order valence-corrected chi connectivity index (χ1v) is 12.6. The van der Waals surface area contributed by atoms with Gasteiger partial charge >= 0.3 is 0 Å². The van der Waals surface area contributed by atoms with Gasteiger partial charge in [-0.05, 0) is 105 Å². The van der Waals surface area contributed by atoms with E-state index in [9.17, 15) is 5.26 Å². The van der Waals surface area contributed by atoms with Gasteiger partial charge in [-0.1, -0.05) is 24.8 Å². The number of nitriles is 1. The van der Waals surface area contributed by atoms with Crippen molar-refractivity contribution in [2.24, 2.45) is 7.05 Å². The number of hydrogen-bond donors (Lipinski definition) is 1. The molecule has 0 spiro atoms. The monoisotopic (exact) mass is 460 g/mol. The molecule has 3 rings (SSSR count). The Morgan fingerprint density at radius 2 is 1.91 bits per heavy atom. The van der Waals surface area contributed by atoms with Crippen LogP contribution in [0.4, 0.5) is 0 Å². The molecule has 1 saturated heterocycles. The molecule has 4 nitrogen and oxygen atoms in total. The number of nitrogens with zero attached hydrogens (tertiary/aromatic N) is 3. The quantitative estimate of drug-likeness (QED) is 0.457. The summed E-state index contributed by atoms with van der Waals surface area (Å²) < 4.78 is 5.43. The van der Waals surface area contributed by atoms with Gasteiger partial charge in [0.25, 0.3) is 0 Å². The lowest BCUT2D eigenvalue weighted by molar-refractivity contribution is 0.296. The van der Waals surface area contributed by atoms with E-state index in [0.29, 0.717) is 10.9 Å². The van der Waals surface area contributed by atoms with Gasteiger partial charge in [-0.15, -0.1) is 0 Å². The molecule has 0 amide bonds.